The molecule has 0 aliphatic rings. The highest BCUT2D eigenvalue weighted by atomic mass is 19.4. The molecule has 0 spiro atoms. The highest BCUT2D eigenvalue weighted by Gasteiger charge is 2.30. The van der Waals surface area contributed by atoms with Crippen molar-refractivity contribution in [1.29, 1.82) is 0 Å². The SMILES string of the molecule is Cc1c(N)cccc1-c1cccc(C(F)(F)F)c1. The van der Waals surface area contributed by atoms with Crippen LogP contribution in [0, 0.1) is 6.92 Å². The second-order valence-corrected chi connectivity index (χ2v) is 4.10. The van der Waals surface area contributed by atoms with Gasteiger partial charge in [-0.15, -0.1) is 0 Å². The number of alkyl halides is 3. The zero-order valence-corrected chi connectivity index (χ0v) is 9.75. The molecule has 4 heteroatoms. The lowest BCUT2D eigenvalue weighted by Crippen LogP contribution is -2.04. The van der Waals surface area contributed by atoms with Crippen LogP contribution < -0.4 is 5.73 Å². The molecule has 0 fully saturated rings. The Labute approximate surface area is 103 Å². The summed E-state index contributed by atoms with van der Waals surface area (Å²) in [5.41, 5.74) is 7.72. The van der Waals surface area contributed by atoms with Crippen molar-refractivity contribution in [3.63, 3.8) is 0 Å². The average Bonchev–Trinajstić information content (AvgIpc) is 2.32. The summed E-state index contributed by atoms with van der Waals surface area (Å²) in [6.45, 7) is 1.80. The van der Waals surface area contributed by atoms with Gasteiger partial charge in [-0.05, 0) is 41.8 Å². The van der Waals surface area contributed by atoms with E-state index >= 15 is 0 Å². The van der Waals surface area contributed by atoms with Crippen LogP contribution in [0.1, 0.15) is 11.1 Å². The molecular formula is C14H12F3N. The third-order valence-electron chi connectivity index (χ3n) is 2.88. The van der Waals surface area contributed by atoms with Crippen LogP contribution >= 0.6 is 0 Å². The fourth-order valence-corrected chi connectivity index (χ4v) is 1.83. The van der Waals surface area contributed by atoms with E-state index in [1.165, 1.54) is 6.07 Å². The van der Waals surface area contributed by atoms with E-state index < -0.39 is 11.7 Å². The van der Waals surface area contributed by atoms with Gasteiger partial charge >= 0.3 is 6.18 Å². The molecule has 0 saturated carbocycles. The highest BCUT2D eigenvalue weighted by molar-refractivity contribution is 5.73. The maximum Gasteiger partial charge on any atom is 0.416 e. The largest absolute Gasteiger partial charge is 0.416 e. The van der Waals surface area contributed by atoms with E-state index in [-0.39, 0.29) is 0 Å². The van der Waals surface area contributed by atoms with Crippen LogP contribution in [-0.2, 0) is 6.18 Å². The summed E-state index contributed by atoms with van der Waals surface area (Å²) >= 11 is 0. The van der Waals surface area contributed by atoms with Crippen molar-refractivity contribution in [3.05, 3.63) is 53.6 Å². The first kappa shape index (κ1) is 12.5. The van der Waals surface area contributed by atoms with Crippen molar-refractivity contribution in [3.8, 4) is 11.1 Å². The average molecular weight is 251 g/mol. The van der Waals surface area contributed by atoms with Gasteiger partial charge in [0.15, 0.2) is 0 Å². The molecule has 0 unspecified atom stereocenters. The molecule has 0 atom stereocenters. The maximum absolute atomic E-state index is 12.6. The molecule has 0 radical (unpaired) electrons. The second-order valence-electron chi connectivity index (χ2n) is 4.10. The number of anilines is 1. The smallest absolute Gasteiger partial charge is 0.398 e. The van der Waals surface area contributed by atoms with Crippen LogP contribution in [0.15, 0.2) is 42.5 Å². The van der Waals surface area contributed by atoms with Gasteiger partial charge in [-0.1, -0.05) is 24.3 Å². The maximum atomic E-state index is 12.6. The lowest BCUT2D eigenvalue weighted by Gasteiger charge is -2.11. The Bertz CT molecular complexity index is 573. The Morgan fingerprint density at radius 2 is 1.67 bits per heavy atom. The van der Waals surface area contributed by atoms with Crippen LogP contribution in [0.4, 0.5) is 18.9 Å². The predicted octanol–water partition coefficient (Wildman–Crippen LogP) is 4.26. The molecule has 0 saturated heterocycles. The van der Waals surface area contributed by atoms with E-state index in [0.717, 1.165) is 23.3 Å². The number of halogens is 3. The second kappa shape index (κ2) is 4.37. The lowest BCUT2D eigenvalue weighted by molar-refractivity contribution is -0.137. The predicted molar refractivity (Wildman–Crippen MR) is 66.0 cm³/mol. The van der Waals surface area contributed by atoms with Crippen molar-refractivity contribution in [2.45, 2.75) is 13.1 Å². The quantitative estimate of drug-likeness (QED) is 0.753. The Morgan fingerprint density at radius 1 is 1.00 bits per heavy atom. The van der Waals surface area contributed by atoms with E-state index in [1.54, 1.807) is 31.2 Å². The Balaban J connectivity index is 2.55. The third-order valence-corrected chi connectivity index (χ3v) is 2.88. The normalized spacial score (nSPS) is 11.6. The van der Waals surface area contributed by atoms with Crippen LogP contribution in [-0.4, -0.2) is 0 Å². The fourth-order valence-electron chi connectivity index (χ4n) is 1.83. The number of nitrogens with two attached hydrogens (primary N) is 1. The van der Waals surface area contributed by atoms with Crippen LogP contribution in [0.25, 0.3) is 11.1 Å². The number of hydrogen-bond acceptors (Lipinski definition) is 1. The number of rotatable bonds is 1. The molecule has 94 valence electrons. The van der Waals surface area contributed by atoms with Crippen LogP contribution in [0.3, 0.4) is 0 Å². The van der Waals surface area contributed by atoms with Crippen molar-refractivity contribution in [2.24, 2.45) is 0 Å². The van der Waals surface area contributed by atoms with Gasteiger partial charge in [0.25, 0.3) is 0 Å². The minimum atomic E-state index is -4.33. The molecular weight excluding hydrogens is 239 g/mol. The van der Waals surface area contributed by atoms with Crippen molar-refractivity contribution >= 4 is 5.69 Å². The summed E-state index contributed by atoms with van der Waals surface area (Å²) < 4.78 is 37.9. The van der Waals surface area contributed by atoms with Gasteiger partial charge in [-0.25, -0.2) is 0 Å². The summed E-state index contributed by atoms with van der Waals surface area (Å²) in [5, 5.41) is 0. The zero-order chi connectivity index (χ0) is 13.3. The molecule has 0 heterocycles. The van der Waals surface area contributed by atoms with Gasteiger partial charge in [0.2, 0.25) is 0 Å². The topological polar surface area (TPSA) is 26.0 Å². The van der Waals surface area contributed by atoms with Gasteiger partial charge in [0, 0.05) is 5.69 Å². The van der Waals surface area contributed by atoms with Crippen LogP contribution in [0.2, 0.25) is 0 Å². The van der Waals surface area contributed by atoms with Crippen molar-refractivity contribution in [2.75, 3.05) is 5.73 Å². The van der Waals surface area contributed by atoms with Crippen LogP contribution in [0.5, 0.6) is 0 Å². The zero-order valence-electron chi connectivity index (χ0n) is 9.75. The Hall–Kier alpha value is -1.97. The van der Waals surface area contributed by atoms with E-state index in [1.807, 2.05) is 0 Å². The Kier molecular flexibility index (Phi) is 3.03. The van der Waals surface area contributed by atoms with Crippen molar-refractivity contribution in [1.82, 2.24) is 0 Å². The first-order chi connectivity index (χ1) is 8.39. The summed E-state index contributed by atoms with van der Waals surface area (Å²) in [6, 6.07) is 10.5. The first-order valence-corrected chi connectivity index (χ1v) is 5.42. The summed E-state index contributed by atoms with van der Waals surface area (Å²) in [7, 11) is 0. The molecule has 18 heavy (non-hydrogen) atoms. The van der Waals surface area contributed by atoms with Gasteiger partial charge in [0.1, 0.15) is 0 Å². The molecule has 0 aliphatic heterocycles. The molecule has 2 aromatic rings. The number of nitrogen functional groups attached to an aromatic ring is 1. The third kappa shape index (κ3) is 2.32. The number of hydrogen-bond donors (Lipinski definition) is 1. The minimum absolute atomic E-state index is 0.523. The van der Waals surface area contributed by atoms with Gasteiger partial charge in [-0.3, -0.25) is 0 Å². The molecule has 1 nitrogen and oxygen atoms in total. The molecule has 0 aromatic heterocycles. The number of benzene rings is 2. The molecule has 2 rings (SSSR count). The lowest BCUT2D eigenvalue weighted by atomic mass is 9.98. The first-order valence-electron chi connectivity index (χ1n) is 5.42. The highest BCUT2D eigenvalue weighted by Crippen LogP contribution is 2.33. The Morgan fingerprint density at radius 3 is 2.33 bits per heavy atom. The monoisotopic (exact) mass is 251 g/mol. The molecule has 2 N–H and O–H groups in total. The molecule has 2 aromatic carbocycles. The van der Waals surface area contributed by atoms with Gasteiger partial charge < -0.3 is 5.73 Å². The van der Waals surface area contributed by atoms with E-state index in [0.29, 0.717) is 11.3 Å². The van der Waals surface area contributed by atoms with Gasteiger partial charge in [0.05, 0.1) is 5.56 Å². The summed E-state index contributed by atoms with van der Waals surface area (Å²) in [4.78, 5) is 0. The standard InChI is InChI=1S/C14H12F3N/c1-9-12(6-3-7-13(9)18)10-4-2-5-11(8-10)14(15,16)17/h2-8H,18H2,1H3. The van der Waals surface area contributed by atoms with Gasteiger partial charge in [-0.2, -0.15) is 13.2 Å². The van der Waals surface area contributed by atoms with E-state index in [2.05, 4.69) is 0 Å². The summed E-state index contributed by atoms with van der Waals surface area (Å²) in [6.07, 6.45) is -4.33. The summed E-state index contributed by atoms with van der Waals surface area (Å²) in [5.74, 6) is 0. The van der Waals surface area contributed by atoms with E-state index in [4.69, 9.17) is 5.73 Å². The molecule has 0 amide bonds. The minimum Gasteiger partial charge on any atom is -0.398 e. The van der Waals surface area contributed by atoms with Crippen molar-refractivity contribution < 1.29 is 13.2 Å². The fraction of sp³-hybridized carbons (Fsp3) is 0.143. The van der Waals surface area contributed by atoms with E-state index in [9.17, 15) is 13.2 Å². The molecule has 0 bridgehead atoms. The molecule has 0 aliphatic carbocycles.